The van der Waals surface area contributed by atoms with Crippen LogP contribution in [0.4, 0.5) is 5.69 Å². The fourth-order valence-electron chi connectivity index (χ4n) is 3.74. The standard InChI is InChI=1S/C16H23NO/c18-12-13-7-9-15(10-8-13)17-11-3-5-14-4-1-2-6-16(14)17/h7-10,14,16,18H,1-6,11-12H2/t14-,16-/m1/s1. The van der Waals surface area contributed by atoms with Crippen molar-refractivity contribution in [3.63, 3.8) is 0 Å². The van der Waals surface area contributed by atoms with Crippen LogP contribution in [0.5, 0.6) is 0 Å². The third kappa shape index (κ3) is 2.26. The van der Waals surface area contributed by atoms with Crippen LogP contribution >= 0.6 is 0 Å². The molecule has 2 fully saturated rings. The lowest BCUT2D eigenvalue weighted by Crippen LogP contribution is -2.46. The first-order valence-electron chi connectivity index (χ1n) is 7.35. The number of aliphatic hydroxyl groups excluding tert-OH is 1. The second-order valence-electron chi connectivity index (χ2n) is 5.77. The summed E-state index contributed by atoms with van der Waals surface area (Å²) in [6, 6.07) is 9.25. The summed E-state index contributed by atoms with van der Waals surface area (Å²) in [4.78, 5) is 2.62. The van der Waals surface area contributed by atoms with E-state index in [1.807, 2.05) is 0 Å². The highest BCUT2D eigenvalue weighted by atomic mass is 16.3. The maximum absolute atomic E-state index is 9.11. The van der Waals surface area contributed by atoms with Crippen molar-refractivity contribution in [2.45, 2.75) is 51.2 Å². The molecule has 1 aromatic rings. The first kappa shape index (κ1) is 12.0. The van der Waals surface area contributed by atoms with Crippen LogP contribution in [0.25, 0.3) is 0 Å². The van der Waals surface area contributed by atoms with Crippen LogP contribution in [-0.4, -0.2) is 17.7 Å². The highest BCUT2D eigenvalue weighted by Gasteiger charge is 2.33. The maximum Gasteiger partial charge on any atom is 0.0681 e. The fourth-order valence-corrected chi connectivity index (χ4v) is 3.74. The van der Waals surface area contributed by atoms with Gasteiger partial charge in [-0.25, -0.2) is 0 Å². The number of aliphatic hydroxyl groups is 1. The summed E-state index contributed by atoms with van der Waals surface area (Å²) in [7, 11) is 0. The molecule has 0 amide bonds. The van der Waals surface area contributed by atoms with Gasteiger partial charge in [0.25, 0.3) is 0 Å². The molecule has 2 aliphatic rings. The molecule has 1 aliphatic heterocycles. The Hall–Kier alpha value is -1.02. The molecule has 1 saturated heterocycles. The van der Waals surface area contributed by atoms with Crippen molar-refractivity contribution < 1.29 is 5.11 Å². The van der Waals surface area contributed by atoms with E-state index >= 15 is 0 Å². The molecular formula is C16H23NO. The van der Waals surface area contributed by atoms with E-state index in [0.717, 1.165) is 17.5 Å². The molecule has 1 heterocycles. The second kappa shape index (κ2) is 5.31. The van der Waals surface area contributed by atoms with Gasteiger partial charge < -0.3 is 10.0 Å². The average Bonchev–Trinajstić information content (AvgIpc) is 2.47. The zero-order chi connectivity index (χ0) is 12.4. The topological polar surface area (TPSA) is 23.5 Å². The molecule has 3 rings (SSSR count). The SMILES string of the molecule is OCc1ccc(N2CCC[C@H]3CCCC[C@H]32)cc1. The lowest BCUT2D eigenvalue weighted by Gasteiger charge is -2.45. The number of nitrogens with zero attached hydrogens (tertiary/aromatic N) is 1. The molecule has 18 heavy (non-hydrogen) atoms. The minimum absolute atomic E-state index is 0.145. The Labute approximate surface area is 110 Å². The van der Waals surface area contributed by atoms with Gasteiger partial charge in [-0.3, -0.25) is 0 Å². The molecule has 1 N–H and O–H groups in total. The van der Waals surface area contributed by atoms with Crippen LogP contribution in [0.3, 0.4) is 0 Å². The lowest BCUT2D eigenvalue weighted by atomic mass is 9.78. The van der Waals surface area contributed by atoms with E-state index in [1.54, 1.807) is 0 Å². The van der Waals surface area contributed by atoms with E-state index in [2.05, 4.69) is 29.2 Å². The summed E-state index contributed by atoms with van der Waals surface area (Å²) in [6.45, 7) is 1.35. The third-order valence-electron chi connectivity index (χ3n) is 4.69. The van der Waals surface area contributed by atoms with Crippen molar-refractivity contribution in [3.8, 4) is 0 Å². The summed E-state index contributed by atoms with van der Waals surface area (Å²) in [5.74, 6) is 0.921. The zero-order valence-corrected chi connectivity index (χ0v) is 11.0. The smallest absolute Gasteiger partial charge is 0.0681 e. The largest absolute Gasteiger partial charge is 0.392 e. The van der Waals surface area contributed by atoms with Crippen molar-refractivity contribution in [2.24, 2.45) is 5.92 Å². The molecule has 0 spiro atoms. The molecule has 98 valence electrons. The Balaban J connectivity index is 1.80. The van der Waals surface area contributed by atoms with E-state index in [-0.39, 0.29) is 6.61 Å². The molecule has 1 aromatic carbocycles. The molecule has 1 saturated carbocycles. The molecule has 0 aromatic heterocycles. The van der Waals surface area contributed by atoms with Crippen molar-refractivity contribution in [1.82, 2.24) is 0 Å². The van der Waals surface area contributed by atoms with Crippen LogP contribution in [0.15, 0.2) is 24.3 Å². The van der Waals surface area contributed by atoms with E-state index in [1.165, 1.54) is 50.8 Å². The van der Waals surface area contributed by atoms with Gasteiger partial charge in [0.05, 0.1) is 6.61 Å². The summed E-state index contributed by atoms with van der Waals surface area (Å²) < 4.78 is 0. The molecule has 0 bridgehead atoms. The predicted octanol–water partition coefficient (Wildman–Crippen LogP) is 3.34. The number of fused-ring (bicyclic) bond motifs is 1. The van der Waals surface area contributed by atoms with Crippen molar-refractivity contribution in [1.29, 1.82) is 0 Å². The first-order valence-corrected chi connectivity index (χ1v) is 7.35. The summed E-state index contributed by atoms with van der Waals surface area (Å²) >= 11 is 0. The number of anilines is 1. The van der Waals surface area contributed by atoms with Gasteiger partial charge in [-0.15, -0.1) is 0 Å². The van der Waals surface area contributed by atoms with Crippen LogP contribution in [0.2, 0.25) is 0 Å². The van der Waals surface area contributed by atoms with Gasteiger partial charge in [0.2, 0.25) is 0 Å². The number of hydrogen-bond donors (Lipinski definition) is 1. The fraction of sp³-hybridized carbons (Fsp3) is 0.625. The molecule has 1 aliphatic carbocycles. The number of benzene rings is 1. The molecule has 2 atom stereocenters. The van der Waals surface area contributed by atoms with E-state index < -0.39 is 0 Å². The summed E-state index contributed by atoms with van der Waals surface area (Å²) in [5, 5.41) is 9.11. The van der Waals surface area contributed by atoms with Gasteiger partial charge in [0.1, 0.15) is 0 Å². The monoisotopic (exact) mass is 245 g/mol. The highest BCUT2D eigenvalue weighted by Crippen LogP contribution is 2.37. The molecular weight excluding hydrogens is 222 g/mol. The van der Waals surface area contributed by atoms with Crippen LogP contribution in [-0.2, 0) is 6.61 Å². The Bertz CT molecular complexity index is 385. The van der Waals surface area contributed by atoms with Gasteiger partial charge >= 0.3 is 0 Å². The zero-order valence-electron chi connectivity index (χ0n) is 11.0. The molecule has 2 heteroatoms. The van der Waals surface area contributed by atoms with Crippen LogP contribution < -0.4 is 4.90 Å². The van der Waals surface area contributed by atoms with Crippen molar-refractivity contribution >= 4 is 5.69 Å². The Kier molecular flexibility index (Phi) is 3.55. The van der Waals surface area contributed by atoms with E-state index in [9.17, 15) is 0 Å². The third-order valence-corrected chi connectivity index (χ3v) is 4.69. The number of rotatable bonds is 2. The van der Waals surface area contributed by atoms with Crippen molar-refractivity contribution in [2.75, 3.05) is 11.4 Å². The quantitative estimate of drug-likeness (QED) is 0.864. The highest BCUT2D eigenvalue weighted by molar-refractivity contribution is 5.49. The summed E-state index contributed by atoms with van der Waals surface area (Å²) in [6.07, 6.45) is 8.38. The Morgan fingerprint density at radius 1 is 1.00 bits per heavy atom. The van der Waals surface area contributed by atoms with E-state index in [0.29, 0.717) is 0 Å². The Morgan fingerprint density at radius 2 is 1.72 bits per heavy atom. The van der Waals surface area contributed by atoms with Gasteiger partial charge in [0.15, 0.2) is 0 Å². The number of piperidine rings is 1. The molecule has 0 unspecified atom stereocenters. The minimum atomic E-state index is 0.145. The van der Waals surface area contributed by atoms with Gasteiger partial charge in [-0.1, -0.05) is 25.0 Å². The maximum atomic E-state index is 9.11. The Morgan fingerprint density at radius 3 is 2.50 bits per heavy atom. The predicted molar refractivity (Wildman–Crippen MR) is 74.7 cm³/mol. The van der Waals surface area contributed by atoms with Gasteiger partial charge in [-0.2, -0.15) is 0 Å². The van der Waals surface area contributed by atoms with E-state index in [4.69, 9.17) is 5.11 Å². The lowest BCUT2D eigenvalue weighted by molar-refractivity contribution is 0.244. The normalized spacial score (nSPS) is 27.9. The van der Waals surface area contributed by atoms with Crippen LogP contribution in [0, 0.1) is 5.92 Å². The minimum Gasteiger partial charge on any atom is -0.392 e. The second-order valence-corrected chi connectivity index (χ2v) is 5.77. The molecule has 2 nitrogen and oxygen atoms in total. The van der Waals surface area contributed by atoms with Crippen LogP contribution in [0.1, 0.15) is 44.1 Å². The van der Waals surface area contributed by atoms with Gasteiger partial charge in [0, 0.05) is 18.3 Å². The first-order chi connectivity index (χ1) is 8.88. The molecule has 0 radical (unpaired) electrons. The number of hydrogen-bond acceptors (Lipinski definition) is 2. The summed E-state index contributed by atoms with van der Waals surface area (Å²) in [5.41, 5.74) is 2.36. The average molecular weight is 245 g/mol. The van der Waals surface area contributed by atoms with Crippen molar-refractivity contribution in [3.05, 3.63) is 29.8 Å². The van der Waals surface area contributed by atoms with Gasteiger partial charge in [-0.05, 0) is 49.3 Å².